The van der Waals surface area contributed by atoms with Crippen molar-refractivity contribution >= 4 is 18.1 Å². The second kappa shape index (κ2) is 9.11. The summed E-state index contributed by atoms with van der Waals surface area (Å²) in [6, 6.07) is 7.73. The standard InChI is InChI=1S/C22H26FN3O4/c1-15-7-8-16(13-18(15)29-3)30-20-17(23)9-10-19(25-20)26(2)21(28)22(24-14-27)11-5-4-6-12-22/h7-10,13-14H,4-6,11-12H2,1-3H3,(H,24,27). The molecule has 1 aliphatic carbocycles. The normalized spacial score (nSPS) is 15.2. The van der Waals surface area contributed by atoms with Crippen molar-refractivity contribution in [3.05, 3.63) is 41.7 Å². The van der Waals surface area contributed by atoms with Crippen molar-refractivity contribution in [3.8, 4) is 17.4 Å². The van der Waals surface area contributed by atoms with Crippen LogP contribution >= 0.6 is 0 Å². The number of ether oxygens (including phenoxy) is 2. The third-order valence-electron chi connectivity index (χ3n) is 5.49. The summed E-state index contributed by atoms with van der Waals surface area (Å²) < 4.78 is 25.2. The molecule has 0 radical (unpaired) electrons. The number of hydrogen-bond donors (Lipinski definition) is 1. The van der Waals surface area contributed by atoms with Gasteiger partial charge in [0, 0.05) is 13.1 Å². The molecular formula is C22H26FN3O4. The van der Waals surface area contributed by atoms with Crippen LogP contribution in [0.2, 0.25) is 0 Å². The van der Waals surface area contributed by atoms with Crippen LogP contribution < -0.4 is 19.7 Å². The van der Waals surface area contributed by atoms with Crippen LogP contribution in [-0.2, 0) is 9.59 Å². The van der Waals surface area contributed by atoms with Crippen molar-refractivity contribution in [2.75, 3.05) is 19.1 Å². The summed E-state index contributed by atoms with van der Waals surface area (Å²) in [5.41, 5.74) is -0.0475. The first-order chi connectivity index (χ1) is 14.4. The first kappa shape index (κ1) is 21.5. The molecule has 8 heteroatoms. The molecule has 2 amide bonds. The van der Waals surface area contributed by atoms with Crippen LogP contribution in [-0.4, -0.2) is 37.0 Å². The molecule has 160 valence electrons. The minimum absolute atomic E-state index is 0.230. The minimum atomic E-state index is -0.962. The van der Waals surface area contributed by atoms with Gasteiger partial charge in [0.15, 0.2) is 5.82 Å². The SMILES string of the molecule is COc1cc(Oc2nc(N(C)C(=O)C3(NC=O)CCCCC3)ccc2F)ccc1C. The van der Waals surface area contributed by atoms with Crippen molar-refractivity contribution in [2.24, 2.45) is 0 Å². The third kappa shape index (κ3) is 4.37. The summed E-state index contributed by atoms with van der Waals surface area (Å²) in [6.07, 6.45) is 4.40. The lowest BCUT2D eigenvalue weighted by atomic mass is 9.80. The molecule has 0 spiro atoms. The Bertz CT molecular complexity index is 929. The molecule has 0 aliphatic heterocycles. The molecule has 1 N–H and O–H groups in total. The first-order valence-corrected chi connectivity index (χ1v) is 9.89. The fraction of sp³-hybridized carbons (Fsp3) is 0.409. The summed E-state index contributed by atoms with van der Waals surface area (Å²) >= 11 is 0. The van der Waals surface area contributed by atoms with E-state index in [4.69, 9.17) is 9.47 Å². The number of nitrogens with zero attached hydrogens (tertiary/aromatic N) is 2. The maximum absolute atomic E-state index is 14.4. The van der Waals surface area contributed by atoms with E-state index in [1.54, 1.807) is 32.4 Å². The average Bonchev–Trinajstić information content (AvgIpc) is 2.76. The molecular weight excluding hydrogens is 389 g/mol. The monoisotopic (exact) mass is 415 g/mol. The zero-order valence-corrected chi connectivity index (χ0v) is 17.4. The van der Waals surface area contributed by atoms with Gasteiger partial charge in [0.1, 0.15) is 22.9 Å². The molecule has 0 atom stereocenters. The van der Waals surface area contributed by atoms with Crippen LogP contribution in [0, 0.1) is 12.7 Å². The molecule has 3 rings (SSSR count). The summed E-state index contributed by atoms with van der Waals surface area (Å²) in [6.45, 7) is 1.89. The van der Waals surface area contributed by atoms with Gasteiger partial charge >= 0.3 is 0 Å². The van der Waals surface area contributed by atoms with Crippen molar-refractivity contribution in [1.82, 2.24) is 10.3 Å². The van der Waals surface area contributed by atoms with Crippen molar-refractivity contribution in [2.45, 2.75) is 44.6 Å². The number of likely N-dealkylation sites (N-methyl/N-ethyl adjacent to an activating group) is 1. The van der Waals surface area contributed by atoms with Crippen LogP contribution in [0.15, 0.2) is 30.3 Å². The van der Waals surface area contributed by atoms with Crippen LogP contribution in [0.4, 0.5) is 10.2 Å². The zero-order chi connectivity index (χ0) is 21.7. The van der Waals surface area contributed by atoms with Crippen LogP contribution in [0.3, 0.4) is 0 Å². The third-order valence-corrected chi connectivity index (χ3v) is 5.49. The number of amides is 2. The van der Waals surface area contributed by atoms with Gasteiger partial charge < -0.3 is 14.8 Å². The van der Waals surface area contributed by atoms with Crippen molar-refractivity contribution in [3.63, 3.8) is 0 Å². The summed E-state index contributed by atoms with van der Waals surface area (Å²) in [5.74, 6) is 0.0120. The van der Waals surface area contributed by atoms with Gasteiger partial charge in [-0.3, -0.25) is 14.5 Å². The molecule has 1 aliphatic rings. The molecule has 0 saturated heterocycles. The van der Waals surface area contributed by atoms with Crippen molar-refractivity contribution < 1.29 is 23.5 Å². The Kier molecular flexibility index (Phi) is 6.54. The number of nitrogens with one attached hydrogen (secondary N) is 1. The van der Waals surface area contributed by atoms with Gasteiger partial charge in [0.2, 0.25) is 6.41 Å². The number of rotatable bonds is 7. The van der Waals surface area contributed by atoms with Gasteiger partial charge in [-0.2, -0.15) is 4.98 Å². The van der Waals surface area contributed by atoms with Crippen LogP contribution in [0.1, 0.15) is 37.7 Å². The topological polar surface area (TPSA) is 80.8 Å². The highest BCUT2D eigenvalue weighted by molar-refractivity contribution is 6.00. The van der Waals surface area contributed by atoms with Gasteiger partial charge in [0.05, 0.1) is 7.11 Å². The van der Waals surface area contributed by atoms with E-state index in [2.05, 4.69) is 10.3 Å². The molecule has 1 heterocycles. The smallest absolute Gasteiger partial charge is 0.257 e. The lowest BCUT2D eigenvalue weighted by Crippen LogP contribution is -2.58. The molecule has 1 fully saturated rings. The Morgan fingerprint density at radius 1 is 1.23 bits per heavy atom. The predicted molar refractivity (Wildman–Crippen MR) is 110 cm³/mol. The van der Waals surface area contributed by atoms with E-state index >= 15 is 0 Å². The van der Waals surface area contributed by atoms with Crippen LogP contribution in [0.5, 0.6) is 17.4 Å². The molecule has 0 bridgehead atoms. The number of carbonyl (C=O) groups is 2. The molecule has 1 aromatic heterocycles. The second-order valence-electron chi connectivity index (χ2n) is 7.46. The number of anilines is 1. The van der Waals surface area contributed by atoms with E-state index < -0.39 is 11.4 Å². The summed E-state index contributed by atoms with van der Waals surface area (Å²) in [5, 5.41) is 2.71. The number of halogens is 1. The Balaban J connectivity index is 1.86. The highest BCUT2D eigenvalue weighted by atomic mass is 19.1. The van der Waals surface area contributed by atoms with E-state index in [1.807, 2.05) is 6.92 Å². The number of pyridine rings is 1. The first-order valence-electron chi connectivity index (χ1n) is 9.89. The highest BCUT2D eigenvalue weighted by Crippen LogP contribution is 2.32. The summed E-state index contributed by atoms with van der Waals surface area (Å²) in [4.78, 5) is 29.9. The lowest BCUT2D eigenvalue weighted by molar-refractivity contribution is -0.129. The quantitative estimate of drug-likeness (QED) is 0.697. The average molecular weight is 415 g/mol. The minimum Gasteiger partial charge on any atom is -0.496 e. The number of benzene rings is 1. The van der Waals surface area contributed by atoms with Crippen molar-refractivity contribution in [1.29, 1.82) is 0 Å². The van der Waals surface area contributed by atoms with Crippen LogP contribution in [0.25, 0.3) is 0 Å². The fourth-order valence-electron chi connectivity index (χ4n) is 3.76. The number of hydrogen-bond acceptors (Lipinski definition) is 5. The lowest BCUT2D eigenvalue weighted by Gasteiger charge is -2.37. The van der Waals surface area contributed by atoms with Gasteiger partial charge in [-0.05, 0) is 43.5 Å². The zero-order valence-electron chi connectivity index (χ0n) is 17.4. The van der Waals surface area contributed by atoms with Gasteiger partial charge in [-0.25, -0.2) is 4.39 Å². The molecule has 1 saturated carbocycles. The molecule has 0 unspecified atom stereocenters. The number of aromatic nitrogens is 1. The fourth-order valence-corrected chi connectivity index (χ4v) is 3.76. The Morgan fingerprint density at radius 2 is 1.97 bits per heavy atom. The number of aryl methyl sites for hydroxylation is 1. The summed E-state index contributed by atoms with van der Waals surface area (Å²) in [7, 11) is 3.10. The van der Waals surface area contributed by atoms with Gasteiger partial charge in [-0.15, -0.1) is 0 Å². The maximum atomic E-state index is 14.4. The Morgan fingerprint density at radius 3 is 2.63 bits per heavy atom. The second-order valence-corrected chi connectivity index (χ2v) is 7.46. The van der Waals surface area contributed by atoms with Gasteiger partial charge in [0.25, 0.3) is 11.8 Å². The largest absolute Gasteiger partial charge is 0.496 e. The number of carbonyl (C=O) groups excluding carboxylic acids is 2. The van der Waals surface area contributed by atoms with E-state index in [9.17, 15) is 14.0 Å². The number of methoxy groups -OCH3 is 1. The Labute approximate surface area is 175 Å². The highest BCUT2D eigenvalue weighted by Gasteiger charge is 2.41. The maximum Gasteiger partial charge on any atom is 0.257 e. The van der Waals surface area contributed by atoms with E-state index in [-0.39, 0.29) is 17.6 Å². The molecule has 30 heavy (non-hydrogen) atoms. The van der Waals surface area contributed by atoms with E-state index in [1.165, 1.54) is 17.0 Å². The predicted octanol–water partition coefficient (Wildman–Crippen LogP) is 3.74. The van der Waals surface area contributed by atoms with E-state index in [0.29, 0.717) is 30.8 Å². The molecule has 7 nitrogen and oxygen atoms in total. The molecule has 2 aromatic rings. The van der Waals surface area contributed by atoms with E-state index in [0.717, 1.165) is 24.8 Å². The van der Waals surface area contributed by atoms with Gasteiger partial charge in [-0.1, -0.05) is 25.3 Å². The molecule has 1 aromatic carbocycles. The Hall–Kier alpha value is -3.16.